The van der Waals surface area contributed by atoms with E-state index in [4.69, 9.17) is 5.73 Å². The molecular weight excluding hydrogens is 240 g/mol. The maximum atomic E-state index is 11.8. The van der Waals surface area contributed by atoms with E-state index in [0.717, 1.165) is 11.3 Å². The first kappa shape index (κ1) is 13.3. The Hall–Kier alpha value is -2.14. The zero-order valence-corrected chi connectivity index (χ0v) is 10.9. The van der Waals surface area contributed by atoms with Crippen LogP contribution in [0.1, 0.15) is 18.9 Å². The van der Waals surface area contributed by atoms with E-state index in [1.807, 2.05) is 48.1 Å². The summed E-state index contributed by atoms with van der Waals surface area (Å²) in [6, 6.07) is 9.06. The third-order valence-electron chi connectivity index (χ3n) is 2.94. The first-order valence-electron chi connectivity index (χ1n) is 6.32. The lowest BCUT2D eigenvalue weighted by atomic mass is 10.1. The molecule has 2 aromatic rings. The molecule has 0 aliphatic rings. The molecule has 0 unspecified atom stereocenters. The van der Waals surface area contributed by atoms with Crippen molar-refractivity contribution in [3.63, 3.8) is 0 Å². The molecule has 0 saturated carbocycles. The van der Waals surface area contributed by atoms with Gasteiger partial charge in [0.2, 0.25) is 5.91 Å². The average Bonchev–Trinajstić information content (AvgIpc) is 2.93. The summed E-state index contributed by atoms with van der Waals surface area (Å²) in [5, 5.41) is 7.03. The van der Waals surface area contributed by atoms with E-state index in [2.05, 4.69) is 10.4 Å². The summed E-state index contributed by atoms with van der Waals surface area (Å²) < 4.78 is 1.81. The van der Waals surface area contributed by atoms with Crippen molar-refractivity contribution >= 4 is 11.6 Å². The summed E-state index contributed by atoms with van der Waals surface area (Å²) >= 11 is 0. The van der Waals surface area contributed by atoms with Crippen molar-refractivity contribution < 1.29 is 4.79 Å². The molecule has 0 fully saturated rings. The zero-order chi connectivity index (χ0) is 13.7. The number of hydrogen-bond donors (Lipinski definition) is 2. The molecule has 0 spiro atoms. The molecule has 0 radical (unpaired) electrons. The van der Waals surface area contributed by atoms with Crippen molar-refractivity contribution in [2.45, 2.75) is 25.9 Å². The number of carbonyl (C=O) groups excluding carboxylic acids is 1. The van der Waals surface area contributed by atoms with Crippen molar-refractivity contribution in [2.75, 3.05) is 5.32 Å². The van der Waals surface area contributed by atoms with Gasteiger partial charge in [-0.25, -0.2) is 0 Å². The molecule has 19 heavy (non-hydrogen) atoms. The molecule has 1 amide bonds. The van der Waals surface area contributed by atoms with Crippen LogP contribution in [0.25, 0.3) is 0 Å². The molecule has 0 aliphatic carbocycles. The van der Waals surface area contributed by atoms with Gasteiger partial charge in [0.1, 0.15) is 0 Å². The van der Waals surface area contributed by atoms with Crippen LogP contribution >= 0.6 is 0 Å². The fourth-order valence-electron chi connectivity index (χ4n) is 1.76. The monoisotopic (exact) mass is 258 g/mol. The quantitative estimate of drug-likeness (QED) is 0.855. The Morgan fingerprint density at radius 2 is 2.21 bits per heavy atom. The minimum atomic E-state index is -0.474. The second-order valence-corrected chi connectivity index (χ2v) is 4.36. The molecule has 5 heteroatoms. The molecule has 100 valence electrons. The van der Waals surface area contributed by atoms with Gasteiger partial charge in [0.05, 0.1) is 12.6 Å². The van der Waals surface area contributed by atoms with Gasteiger partial charge in [0, 0.05) is 18.1 Å². The topological polar surface area (TPSA) is 72.9 Å². The predicted molar refractivity (Wildman–Crippen MR) is 74.7 cm³/mol. The molecule has 0 saturated heterocycles. The summed E-state index contributed by atoms with van der Waals surface area (Å²) in [5.74, 6) is -0.157. The van der Waals surface area contributed by atoms with Crippen molar-refractivity contribution in [2.24, 2.45) is 5.73 Å². The third kappa shape index (κ3) is 3.42. The SMILES string of the molecule is CC[C@H](N)C(=O)Nc1ccccc1Cn1cccn1. The molecule has 5 nitrogen and oxygen atoms in total. The lowest BCUT2D eigenvalue weighted by molar-refractivity contribution is -0.117. The number of carbonyl (C=O) groups is 1. The lowest BCUT2D eigenvalue weighted by Crippen LogP contribution is -2.35. The van der Waals surface area contributed by atoms with E-state index >= 15 is 0 Å². The predicted octanol–water partition coefficient (Wildman–Crippen LogP) is 1.61. The van der Waals surface area contributed by atoms with E-state index in [1.54, 1.807) is 6.20 Å². The smallest absolute Gasteiger partial charge is 0.241 e. The second-order valence-electron chi connectivity index (χ2n) is 4.36. The van der Waals surface area contributed by atoms with Gasteiger partial charge in [0.15, 0.2) is 0 Å². The number of amides is 1. The van der Waals surface area contributed by atoms with E-state index in [1.165, 1.54) is 0 Å². The van der Waals surface area contributed by atoms with Crippen LogP contribution in [-0.4, -0.2) is 21.7 Å². The van der Waals surface area contributed by atoms with E-state index in [9.17, 15) is 4.79 Å². The molecule has 3 N–H and O–H groups in total. The highest BCUT2D eigenvalue weighted by Gasteiger charge is 2.12. The standard InChI is InChI=1S/C14H18N4O/c1-2-12(15)14(19)17-13-7-4-3-6-11(13)10-18-9-5-8-16-18/h3-9,12H,2,10,15H2,1H3,(H,17,19)/t12-/m0/s1. The maximum Gasteiger partial charge on any atom is 0.241 e. The van der Waals surface area contributed by atoms with Crippen molar-refractivity contribution in [3.8, 4) is 0 Å². The Kier molecular flexibility index (Phi) is 4.30. The molecule has 1 aromatic heterocycles. The number of hydrogen-bond acceptors (Lipinski definition) is 3. The molecule has 1 heterocycles. The molecule has 0 aliphatic heterocycles. The number of aromatic nitrogens is 2. The van der Waals surface area contributed by atoms with Crippen LogP contribution in [-0.2, 0) is 11.3 Å². The van der Waals surface area contributed by atoms with E-state index < -0.39 is 6.04 Å². The lowest BCUT2D eigenvalue weighted by Gasteiger charge is -2.13. The molecule has 0 bridgehead atoms. The number of nitrogens with two attached hydrogens (primary N) is 1. The van der Waals surface area contributed by atoms with Crippen molar-refractivity contribution in [1.82, 2.24) is 9.78 Å². The second kappa shape index (κ2) is 6.15. The summed E-state index contributed by atoms with van der Waals surface area (Å²) in [5.41, 5.74) is 7.51. The molecular formula is C14H18N4O. The van der Waals surface area contributed by atoms with E-state index in [0.29, 0.717) is 13.0 Å². The Morgan fingerprint density at radius 1 is 1.42 bits per heavy atom. The minimum absolute atomic E-state index is 0.157. The number of benzene rings is 1. The van der Waals surface area contributed by atoms with Crippen LogP contribution in [0.4, 0.5) is 5.69 Å². The Balaban J connectivity index is 2.14. The van der Waals surface area contributed by atoms with Gasteiger partial charge in [-0.15, -0.1) is 0 Å². The van der Waals surface area contributed by atoms with Gasteiger partial charge in [-0.2, -0.15) is 5.10 Å². The summed E-state index contributed by atoms with van der Waals surface area (Å²) in [4.78, 5) is 11.8. The van der Waals surface area contributed by atoms with Crippen LogP contribution in [0.2, 0.25) is 0 Å². The molecule has 1 aromatic carbocycles. The Bertz CT molecular complexity index is 536. The summed E-state index contributed by atoms with van der Waals surface area (Å²) in [7, 11) is 0. The van der Waals surface area contributed by atoms with Gasteiger partial charge in [-0.3, -0.25) is 9.48 Å². The maximum absolute atomic E-state index is 11.8. The zero-order valence-electron chi connectivity index (χ0n) is 10.9. The van der Waals surface area contributed by atoms with Crippen molar-refractivity contribution in [1.29, 1.82) is 0 Å². The highest BCUT2D eigenvalue weighted by Crippen LogP contribution is 2.16. The third-order valence-corrected chi connectivity index (χ3v) is 2.94. The summed E-state index contributed by atoms with van der Waals surface area (Å²) in [6.07, 6.45) is 4.23. The number of para-hydroxylation sites is 1. The number of nitrogens with zero attached hydrogens (tertiary/aromatic N) is 2. The Morgan fingerprint density at radius 3 is 2.89 bits per heavy atom. The number of nitrogens with one attached hydrogen (secondary N) is 1. The Labute approximate surface area is 112 Å². The fraction of sp³-hybridized carbons (Fsp3) is 0.286. The van der Waals surface area contributed by atoms with Crippen LogP contribution in [0.15, 0.2) is 42.7 Å². The average molecular weight is 258 g/mol. The number of rotatable bonds is 5. The molecule has 1 atom stereocenters. The normalized spacial score (nSPS) is 12.1. The minimum Gasteiger partial charge on any atom is -0.324 e. The highest BCUT2D eigenvalue weighted by molar-refractivity contribution is 5.95. The van der Waals surface area contributed by atoms with Crippen LogP contribution in [0.3, 0.4) is 0 Å². The summed E-state index contributed by atoms with van der Waals surface area (Å²) in [6.45, 7) is 2.50. The first-order chi connectivity index (χ1) is 9.20. The van der Waals surface area contributed by atoms with Crippen LogP contribution in [0.5, 0.6) is 0 Å². The van der Waals surface area contributed by atoms with Crippen LogP contribution in [0, 0.1) is 0 Å². The van der Waals surface area contributed by atoms with Crippen molar-refractivity contribution in [3.05, 3.63) is 48.3 Å². The van der Waals surface area contributed by atoms with E-state index in [-0.39, 0.29) is 5.91 Å². The van der Waals surface area contributed by atoms with Gasteiger partial charge >= 0.3 is 0 Å². The fourth-order valence-corrected chi connectivity index (χ4v) is 1.76. The van der Waals surface area contributed by atoms with Gasteiger partial charge in [0.25, 0.3) is 0 Å². The molecule has 2 rings (SSSR count). The number of anilines is 1. The highest BCUT2D eigenvalue weighted by atomic mass is 16.2. The van der Waals surface area contributed by atoms with Crippen LogP contribution < -0.4 is 11.1 Å². The van der Waals surface area contributed by atoms with Gasteiger partial charge in [-0.1, -0.05) is 25.1 Å². The largest absolute Gasteiger partial charge is 0.324 e. The first-order valence-corrected chi connectivity index (χ1v) is 6.32. The van der Waals surface area contributed by atoms with Gasteiger partial charge < -0.3 is 11.1 Å². The van der Waals surface area contributed by atoms with Gasteiger partial charge in [-0.05, 0) is 24.1 Å².